The Morgan fingerprint density at radius 1 is 1.00 bits per heavy atom. The van der Waals surface area contributed by atoms with Crippen molar-refractivity contribution in [3.8, 4) is 16.9 Å². The molecule has 3 rings (SSSR count). The maximum atomic E-state index is 11.3. The molecular weight excluding hydrogens is 332 g/mol. The molecule has 0 saturated heterocycles. The van der Waals surface area contributed by atoms with Crippen molar-refractivity contribution in [3.63, 3.8) is 0 Å². The van der Waals surface area contributed by atoms with Crippen molar-refractivity contribution in [2.24, 2.45) is 0 Å². The highest BCUT2D eigenvalue weighted by atomic mass is 79.9. The number of nitrogens with zero attached hydrogens (tertiary/aromatic N) is 2. The van der Waals surface area contributed by atoms with Crippen molar-refractivity contribution in [3.05, 3.63) is 81.4 Å². The summed E-state index contributed by atoms with van der Waals surface area (Å²) < 4.78 is 2.63. The number of para-hydroxylation sites is 1. The molecule has 0 amide bonds. The standard InChI is InChI=1S/C16H11BrN2O2/c17-12-8-9-14(16(11-12)19(20)21)15-7-4-10-18(15)13-5-2-1-3-6-13/h1-11H. The van der Waals surface area contributed by atoms with Gasteiger partial charge in [0.15, 0.2) is 0 Å². The number of nitro groups is 1. The van der Waals surface area contributed by atoms with Crippen LogP contribution in [0.25, 0.3) is 16.9 Å². The van der Waals surface area contributed by atoms with Gasteiger partial charge in [0.1, 0.15) is 0 Å². The Hall–Kier alpha value is -2.40. The van der Waals surface area contributed by atoms with Crippen LogP contribution in [0.4, 0.5) is 5.69 Å². The molecule has 1 heterocycles. The lowest BCUT2D eigenvalue weighted by molar-refractivity contribution is -0.384. The number of rotatable bonds is 3. The Labute approximate surface area is 129 Å². The smallest absolute Gasteiger partial charge is 0.279 e. The third-order valence-electron chi connectivity index (χ3n) is 3.22. The lowest BCUT2D eigenvalue weighted by Crippen LogP contribution is -1.98. The molecule has 0 aliphatic heterocycles. The Morgan fingerprint density at radius 3 is 2.48 bits per heavy atom. The summed E-state index contributed by atoms with van der Waals surface area (Å²) >= 11 is 3.28. The molecule has 104 valence electrons. The summed E-state index contributed by atoms with van der Waals surface area (Å²) in [4.78, 5) is 10.9. The third-order valence-corrected chi connectivity index (χ3v) is 3.71. The second-order valence-electron chi connectivity index (χ2n) is 4.52. The molecule has 4 nitrogen and oxygen atoms in total. The molecule has 0 atom stereocenters. The Morgan fingerprint density at radius 2 is 1.76 bits per heavy atom. The number of benzene rings is 2. The van der Waals surface area contributed by atoms with Crippen LogP contribution in [0.1, 0.15) is 0 Å². The van der Waals surface area contributed by atoms with E-state index in [4.69, 9.17) is 0 Å². The van der Waals surface area contributed by atoms with Gasteiger partial charge in [-0.2, -0.15) is 0 Å². The first-order chi connectivity index (χ1) is 10.2. The van der Waals surface area contributed by atoms with Crippen LogP contribution in [0.5, 0.6) is 0 Å². The monoisotopic (exact) mass is 342 g/mol. The first-order valence-electron chi connectivity index (χ1n) is 6.34. The van der Waals surface area contributed by atoms with E-state index in [1.165, 1.54) is 6.07 Å². The molecule has 0 fully saturated rings. The van der Waals surface area contributed by atoms with Crippen molar-refractivity contribution in [2.75, 3.05) is 0 Å². The molecule has 0 unspecified atom stereocenters. The van der Waals surface area contributed by atoms with Crippen LogP contribution in [-0.2, 0) is 0 Å². The van der Waals surface area contributed by atoms with Crippen LogP contribution in [0.3, 0.4) is 0 Å². The van der Waals surface area contributed by atoms with Gasteiger partial charge in [-0.3, -0.25) is 10.1 Å². The van der Waals surface area contributed by atoms with Gasteiger partial charge in [0, 0.05) is 22.4 Å². The molecule has 0 N–H and O–H groups in total. The summed E-state index contributed by atoms with van der Waals surface area (Å²) in [6.07, 6.45) is 1.90. The van der Waals surface area contributed by atoms with Crippen LogP contribution in [0.2, 0.25) is 0 Å². The maximum absolute atomic E-state index is 11.3. The van der Waals surface area contributed by atoms with E-state index >= 15 is 0 Å². The summed E-state index contributed by atoms with van der Waals surface area (Å²) in [7, 11) is 0. The zero-order chi connectivity index (χ0) is 14.8. The van der Waals surface area contributed by atoms with E-state index in [-0.39, 0.29) is 10.6 Å². The van der Waals surface area contributed by atoms with Crippen LogP contribution < -0.4 is 0 Å². The Balaban J connectivity index is 2.20. The number of aromatic nitrogens is 1. The highest BCUT2D eigenvalue weighted by molar-refractivity contribution is 9.10. The molecule has 3 aromatic rings. The van der Waals surface area contributed by atoms with Gasteiger partial charge in [-0.15, -0.1) is 0 Å². The highest BCUT2D eigenvalue weighted by Gasteiger charge is 2.18. The molecule has 0 aliphatic rings. The largest absolute Gasteiger partial charge is 0.316 e. The van der Waals surface area contributed by atoms with Crippen LogP contribution in [0, 0.1) is 10.1 Å². The summed E-state index contributed by atoms with van der Waals surface area (Å²) in [5.74, 6) is 0. The first kappa shape index (κ1) is 13.6. The molecule has 2 aromatic carbocycles. The van der Waals surface area contributed by atoms with Crippen LogP contribution >= 0.6 is 15.9 Å². The topological polar surface area (TPSA) is 48.1 Å². The van der Waals surface area contributed by atoms with Crippen LogP contribution in [0.15, 0.2) is 71.3 Å². The fourth-order valence-electron chi connectivity index (χ4n) is 2.29. The summed E-state index contributed by atoms with van der Waals surface area (Å²) in [6, 6.07) is 18.6. The first-order valence-corrected chi connectivity index (χ1v) is 7.13. The van der Waals surface area contributed by atoms with E-state index in [1.54, 1.807) is 6.07 Å². The minimum atomic E-state index is -0.359. The summed E-state index contributed by atoms with van der Waals surface area (Å²) in [6.45, 7) is 0. The molecule has 0 aliphatic carbocycles. The fourth-order valence-corrected chi connectivity index (χ4v) is 2.64. The predicted molar refractivity (Wildman–Crippen MR) is 85.6 cm³/mol. The van der Waals surface area contributed by atoms with Crippen molar-refractivity contribution in [1.82, 2.24) is 4.57 Å². The molecule has 0 bridgehead atoms. The van der Waals surface area contributed by atoms with Gasteiger partial charge < -0.3 is 4.57 Å². The Bertz CT molecular complexity index is 797. The van der Waals surface area contributed by atoms with E-state index in [0.717, 1.165) is 11.4 Å². The lowest BCUT2D eigenvalue weighted by Gasteiger charge is -2.10. The van der Waals surface area contributed by atoms with E-state index in [2.05, 4.69) is 15.9 Å². The molecule has 0 saturated carbocycles. The third kappa shape index (κ3) is 2.60. The van der Waals surface area contributed by atoms with Gasteiger partial charge in [-0.25, -0.2) is 0 Å². The highest BCUT2D eigenvalue weighted by Crippen LogP contribution is 2.33. The van der Waals surface area contributed by atoms with Crippen molar-refractivity contribution < 1.29 is 4.92 Å². The van der Waals surface area contributed by atoms with Crippen LogP contribution in [-0.4, -0.2) is 9.49 Å². The second kappa shape index (κ2) is 5.54. The minimum absolute atomic E-state index is 0.0836. The van der Waals surface area contributed by atoms with E-state index in [0.29, 0.717) is 10.0 Å². The second-order valence-corrected chi connectivity index (χ2v) is 5.43. The quantitative estimate of drug-likeness (QED) is 0.506. The van der Waals surface area contributed by atoms with Gasteiger partial charge in [0.25, 0.3) is 5.69 Å². The molecule has 5 heteroatoms. The van der Waals surface area contributed by atoms with E-state index in [9.17, 15) is 10.1 Å². The maximum Gasteiger partial charge on any atom is 0.279 e. The van der Waals surface area contributed by atoms with Crippen molar-refractivity contribution >= 4 is 21.6 Å². The van der Waals surface area contributed by atoms with Gasteiger partial charge in [-0.05, 0) is 36.4 Å². The molecule has 1 aromatic heterocycles. The predicted octanol–water partition coefficient (Wildman–Crippen LogP) is 4.82. The number of nitro benzene ring substituents is 1. The SMILES string of the molecule is O=[N+]([O-])c1cc(Br)ccc1-c1cccn1-c1ccccc1. The zero-order valence-corrected chi connectivity index (χ0v) is 12.5. The average molecular weight is 343 g/mol. The Kier molecular flexibility index (Phi) is 3.58. The average Bonchev–Trinajstić information content (AvgIpc) is 2.97. The molecule has 21 heavy (non-hydrogen) atoms. The number of hydrogen-bond donors (Lipinski definition) is 0. The van der Waals surface area contributed by atoms with Gasteiger partial charge >= 0.3 is 0 Å². The normalized spacial score (nSPS) is 10.5. The number of hydrogen-bond acceptors (Lipinski definition) is 2. The van der Waals surface area contributed by atoms with Crippen molar-refractivity contribution in [1.29, 1.82) is 0 Å². The minimum Gasteiger partial charge on any atom is -0.316 e. The molecular formula is C16H11BrN2O2. The van der Waals surface area contributed by atoms with Gasteiger partial charge in [0.05, 0.1) is 16.2 Å². The zero-order valence-electron chi connectivity index (χ0n) is 10.9. The molecule has 0 radical (unpaired) electrons. The van der Waals surface area contributed by atoms with E-state index < -0.39 is 0 Å². The number of halogens is 1. The molecule has 0 spiro atoms. The summed E-state index contributed by atoms with van der Waals surface area (Å²) in [5.41, 5.74) is 2.44. The van der Waals surface area contributed by atoms with Crippen molar-refractivity contribution in [2.45, 2.75) is 0 Å². The van der Waals surface area contributed by atoms with Gasteiger partial charge in [-0.1, -0.05) is 34.1 Å². The summed E-state index contributed by atoms with van der Waals surface area (Å²) in [5, 5.41) is 11.3. The van der Waals surface area contributed by atoms with E-state index in [1.807, 2.05) is 59.3 Å². The lowest BCUT2D eigenvalue weighted by atomic mass is 10.1. The fraction of sp³-hybridized carbons (Fsp3) is 0. The van der Waals surface area contributed by atoms with Gasteiger partial charge in [0.2, 0.25) is 0 Å².